The molecule has 0 spiro atoms. The van der Waals surface area contributed by atoms with E-state index in [1.165, 1.54) is 6.20 Å². The first kappa shape index (κ1) is 24.5. The summed E-state index contributed by atoms with van der Waals surface area (Å²) in [5, 5.41) is 10.6. The van der Waals surface area contributed by atoms with Gasteiger partial charge in [-0.2, -0.15) is 0 Å². The number of alkyl halides is 3. The van der Waals surface area contributed by atoms with Gasteiger partial charge in [0.15, 0.2) is 10.0 Å². The summed E-state index contributed by atoms with van der Waals surface area (Å²) >= 11 is 0.762. The van der Waals surface area contributed by atoms with Crippen LogP contribution in [0.5, 0.6) is 0 Å². The van der Waals surface area contributed by atoms with E-state index in [-0.39, 0.29) is 22.0 Å². The molecule has 1 aliphatic carbocycles. The number of nitrogens with one attached hydrogen (secondary N) is 2. The first-order valence-corrected chi connectivity index (χ1v) is 13.7. The van der Waals surface area contributed by atoms with Crippen LogP contribution in [0.1, 0.15) is 45.0 Å². The van der Waals surface area contributed by atoms with Crippen LogP contribution in [0.25, 0.3) is 16.2 Å². The summed E-state index contributed by atoms with van der Waals surface area (Å²) in [5.74, 6) is 0. The molecule has 1 saturated heterocycles. The Morgan fingerprint density at radius 2 is 2.03 bits per heavy atom. The van der Waals surface area contributed by atoms with Crippen molar-refractivity contribution in [2.45, 2.75) is 68.6 Å². The Bertz CT molecular complexity index is 1350. The standard InChI is InChI=1S/C22H27F3N6O2S2/c1-12-13(2)30(10-14(9-23)26-12)18-8-15(35(32,33)29-22(3)6-7-22)11-31-16(18)4-5-17(31)20-27-28-21(34-20)19(24)25/h4-5,8,11-14,19,26,29H,6-7,9-10H2,1-3H3/t12-,13-,14+/m1/s1. The van der Waals surface area contributed by atoms with Crippen molar-refractivity contribution < 1.29 is 21.6 Å². The van der Waals surface area contributed by atoms with Gasteiger partial charge in [-0.1, -0.05) is 11.3 Å². The van der Waals surface area contributed by atoms with E-state index < -0.39 is 39.7 Å². The second-order valence-electron chi connectivity index (χ2n) is 9.65. The van der Waals surface area contributed by atoms with Gasteiger partial charge in [0.2, 0.25) is 10.0 Å². The molecule has 2 aliphatic rings. The van der Waals surface area contributed by atoms with Crippen molar-refractivity contribution in [2.75, 3.05) is 18.1 Å². The topological polar surface area (TPSA) is 91.6 Å². The average molecular weight is 529 g/mol. The van der Waals surface area contributed by atoms with Crippen molar-refractivity contribution in [1.82, 2.24) is 24.6 Å². The maximum Gasteiger partial charge on any atom is 0.291 e. The number of fused-ring (bicyclic) bond motifs is 1. The largest absolute Gasteiger partial charge is 0.364 e. The van der Waals surface area contributed by atoms with Crippen molar-refractivity contribution in [3.05, 3.63) is 29.4 Å². The molecule has 3 aromatic heterocycles. The minimum atomic E-state index is -3.88. The number of anilines is 1. The third kappa shape index (κ3) is 4.54. The molecule has 0 bridgehead atoms. The smallest absolute Gasteiger partial charge is 0.291 e. The number of rotatable bonds is 7. The van der Waals surface area contributed by atoms with Crippen LogP contribution in [-0.4, -0.2) is 59.9 Å². The van der Waals surface area contributed by atoms with Crippen LogP contribution >= 0.6 is 11.3 Å². The summed E-state index contributed by atoms with van der Waals surface area (Å²) in [6, 6.07) is 4.62. The lowest BCUT2D eigenvalue weighted by Gasteiger charge is -2.44. The molecule has 1 aliphatic heterocycles. The summed E-state index contributed by atoms with van der Waals surface area (Å²) in [4.78, 5) is 2.05. The Morgan fingerprint density at radius 1 is 1.29 bits per heavy atom. The highest BCUT2D eigenvalue weighted by Gasteiger charge is 2.42. The molecule has 1 saturated carbocycles. The molecule has 0 radical (unpaired) electrons. The van der Waals surface area contributed by atoms with Crippen molar-refractivity contribution in [2.24, 2.45) is 0 Å². The molecule has 5 rings (SSSR count). The molecule has 4 heterocycles. The minimum absolute atomic E-state index is 0.0411. The molecule has 2 fully saturated rings. The number of halogens is 3. The first-order valence-electron chi connectivity index (χ1n) is 11.4. The van der Waals surface area contributed by atoms with Gasteiger partial charge < -0.3 is 14.6 Å². The van der Waals surface area contributed by atoms with E-state index in [2.05, 4.69) is 20.2 Å². The number of hydrogen-bond acceptors (Lipinski definition) is 7. The Hall–Kier alpha value is -2.22. The van der Waals surface area contributed by atoms with Gasteiger partial charge in [-0.15, -0.1) is 10.2 Å². The summed E-state index contributed by atoms with van der Waals surface area (Å²) in [6.07, 6.45) is 0.237. The number of sulfonamides is 1. The third-order valence-corrected chi connectivity index (χ3v) is 9.44. The molecule has 0 amide bonds. The second kappa shape index (κ2) is 8.71. The van der Waals surface area contributed by atoms with Gasteiger partial charge in [-0.3, -0.25) is 0 Å². The number of piperazine rings is 1. The first-order chi connectivity index (χ1) is 16.5. The molecular weight excluding hydrogens is 501 g/mol. The highest BCUT2D eigenvalue weighted by Crippen LogP contribution is 2.38. The van der Waals surface area contributed by atoms with Crippen LogP contribution in [0.4, 0.5) is 18.9 Å². The quantitative estimate of drug-likeness (QED) is 0.486. The second-order valence-corrected chi connectivity index (χ2v) is 12.3. The summed E-state index contributed by atoms with van der Waals surface area (Å²) in [7, 11) is -3.88. The highest BCUT2D eigenvalue weighted by molar-refractivity contribution is 7.89. The van der Waals surface area contributed by atoms with E-state index in [1.807, 2.05) is 25.7 Å². The Balaban J connectivity index is 1.68. The zero-order valence-corrected chi connectivity index (χ0v) is 21.1. The van der Waals surface area contributed by atoms with Crippen LogP contribution in [0.2, 0.25) is 0 Å². The normalized spacial score (nSPS) is 24.4. The molecule has 0 unspecified atom stereocenters. The van der Waals surface area contributed by atoms with Crippen LogP contribution in [-0.2, 0) is 10.0 Å². The maximum atomic E-state index is 13.7. The SMILES string of the molecule is C[C@@H]1[C@@H](C)N[C@@H](CF)CN1c1cc(S(=O)(=O)NC2(C)CC2)cn2c(-c3nnc(C(F)F)s3)ccc12. The molecule has 2 N–H and O–H groups in total. The average Bonchev–Trinajstić information content (AvgIpc) is 3.19. The summed E-state index contributed by atoms with van der Waals surface area (Å²) in [6.45, 7) is 5.60. The Kier molecular flexibility index (Phi) is 6.09. The lowest BCUT2D eigenvalue weighted by molar-refractivity contribution is 0.150. The van der Waals surface area contributed by atoms with Crippen LogP contribution in [0.15, 0.2) is 29.3 Å². The number of pyridine rings is 1. The molecule has 3 aromatic rings. The molecule has 8 nitrogen and oxygen atoms in total. The van der Waals surface area contributed by atoms with Gasteiger partial charge in [0, 0.05) is 30.4 Å². The van der Waals surface area contributed by atoms with Crippen LogP contribution in [0.3, 0.4) is 0 Å². The van der Waals surface area contributed by atoms with E-state index in [1.54, 1.807) is 22.6 Å². The fourth-order valence-corrected chi connectivity index (χ4v) is 6.67. The van der Waals surface area contributed by atoms with Gasteiger partial charge in [-0.25, -0.2) is 26.3 Å². The predicted molar refractivity (Wildman–Crippen MR) is 128 cm³/mol. The van der Waals surface area contributed by atoms with E-state index in [4.69, 9.17) is 0 Å². The van der Waals surface area contributed by atoms with Crippen molar-refractivity contribution in [3.8, 4) is 10.7 Å². The van der Waals surface area contributed by atoms with Crippen LogP contribution < -0.4 is 14.9 Å². The molecule has 0 aromatic carbocycles. The monoisotopic (exact) mass is 528 g/mol. The fraction of sp³-hybridized carbons (Fsp3) is 0.545. The number of aromatic nitrogens is 3. The van der Waals surface area contributed by atoms with Crippen molar-refractivity contribution >= 4 is 32.6 Å². The molecule has 35 heavy (non-hydrogen) atoms. The molecule has 13 heteroatoms. The molecular formula is C22H27F3N6O2S2. The highest BCUT2D eigenvalue weighted by atomic mass is 32.2. The van der Waals surface area contributed by atoms with Gasteiger partial charge in [0.05, 0.1) is 22.9 Å². The van der Waals surface area contributed by atoms with Crippen molar-refractivity contribution in [3.63, 3.8) is 0 Å². The number of hydrogen-bond donors (Lipinski definition) is 2. The van der Waals surface area contributed by atoms with E-state index in [0.29, 0.717) is 23.4 Å². The summed E-state index contributed by atoms with van der Waals surface area (Å²) < 4.78 is 71.1. The van der Waals surface area contributed by atoms with E-state index in [9.17, 15) is 21.6 Å². The third-order valence-electron chi connectivity index (χ3n) is 6.88. The van der Waals surface area contributed by atoms with E-state index >= 15 is 0 Å². The zero-order valence-electron chi connectivity index (χ0n) is 19.5. The zero-order chi connectivity index (χ0) is 25.1. The Morgan fingerprint density at radius 3 is 2.66 bits per heavy atom. The van der Waals surface area contributed by atoms with Gasteiger partial charge in [0.25, 0.3) is 6.43 Å². The number of nitrogens with zero attached hydrogens (tertiary/aromatic N) is 4. The lowest BCUT2D eigenvalue weighted by atomic mass is 10.0. The van der Waals surface area contributed by atoms with Crippen LogP contribution in [0, 0.1) is 0 Å². The van der Waals surface area contributed by atoms with Gasteiger partial charge in [-0.05, 0) is 51.8 Å². The Labute approximate surface area is 205 Å². The maximum absolute atomic E-state index is 13.7. The van der Waals surface area contributed by atoms with Gasteiger partial charge in [0.1, 0.15) is 11.6 Å². The predicted octanol–water partition coefficient (Wildman–Crippen LogP) is 3.75. The fourth-order valence-electron chi connectivity index (χ4n) is 4.47. The van der Waals surface area contributed by atoms with E-state index in [0.717, 1.165) is 24.2 Å². The minimum Gasteiger partial charge on any atom is -0.364 e. The molecule has 3 atom stereocenters. The lowest BCUT2D eigenvalue weighted by Crippen LogP contribution is -2.61. The molecule has 190 valence electrons. The van der Waals surface area contributed by atoms with Crippen molar-refractivity contribution in [1.29, 1.82) is 0 Å². The van der Waals surface area contributed by atoms with Gasteiger partial charge >= 0.3 is 0 Å². The summed E-state index contributed by atoms with van der Waals surface area (Å²) in [5.41, 5.74) is 1.27.